The van der Waals surface area contributed by atoms with E-state index in [1.165, 1.54) is 57.2 Å². The van der Waals surface area contributed by atoms with Gasteiger partial charge in [0.25, 0.3) is 0 Å². The molecule has 39 heavy (non-hydrogen) atoms. The van der Waals surface area contributed by atoms with Gasteiger partial charge in [0.1, 0.15) is 50.7 Å². The summed E-state index contributed by atoms with van der Waals surface area (Å²) in [5.41, 5.74) is 7.55. The van der Waals surface area contributed by atoms with E-state index in [9.17, 15) is 19.8 Å². The standard InChI is InChI=1S/C13H11ClN2O3.C8H9NO3.C4H2Cl2N2/c1-19-13(18)10-5-8(2-3-11(10)17)4-9-6-12(14)16-7-15-9;1-12-8(11)6-4-5(9)2-3-7(6)10;5-3-1-4(6)8-2-7-3/h2-3,5-7,17H,4H2,1H3;2-4,10H,9H2,1H3;1-2H. The van der Waals surface area contributed by atoms with Crippen LogP contribution in [0.4, 0.5) is 5.69 Å². The van der Waals surface area contributed by atoms with Crippen molar-refractivity contribution in [1.82, 2.24) is 19.9 Å². The van der Waals surface area contributed by atoms with Crippen LogP contribution >= 0.6 is 34.8 Å². The monoisotopic (exact) mass is 593 g/mol. The van der Waals surface area contributed by atoms with Crippen LogP contribution in [-0.2, 0) is 15.9 Å². The summed E-state index contributed by atoms with van der Waals surface area (Å²) < 4.78 is 9.01. The zero-order valence-corrected chi connectivity index (χ0v) is 22.8. The minimum Gasteiger partial charge on any atom is -0.507 e. The first kappa shape index (κ1) is 31.0. The number of nitrogens with two attached hydrogens (primary N) is 1. The number of phenols is 2. The zero-order chi connectivity index (χ0) is 28.9. The molecule has 0 fully saturated rings. The molecule has 4 aromatic rings. The van der Waals surface area contributed by atoms with E-state index in [1.807, 2.05) is 0 Å². The van der Waals surface area contributed by atoms with Gasteiger partial charge in [-0.05, 0) is 42.0 Å². The van der Waals surface area contributed by atoms with Gasteiger partial charge in [0.15, 0.2) is 0 Å². The number of hydrogen-bond donors (Lipinski definition) is 3. The lowest BCUT2D eigenvalue weighted by Crippen LogP contribution is -2.03. The second kappa shape index (κ2) is 15.3. The molecule has 0 amide bonds. The summed E-state index contributed by atoms with van der Waals surface area (Å²) in [6.45, 7) is 0. The third-order valence-electron chi connectivity index (χ3n) is 4.57. The number of carbonyl (C=O) groups excluding carboxylic acids is 2. The Morgan fingerprint density at radius 2 is 1.23 bits per heavy atom. The second-order valence-corrected chi connectivity index (χ2v) is 8.45. The third kappa shape index (κ3) is 10.2. The molecule has 0 bridgehead atoms. The molecule has 2 heterocycles. The average Bonchev–Trinajstić information content (AvgIpc) is 2.91. The van der Waals surface area contributed by atoms with Crippen molar-refractivity contribution in [2.24, 2.45) is 0 Å². The molecule has 0 radical (unpaired) electrons. The summed E-state index contributed by atoms with van der Waals surface area (Å²) in [5, 5.41) is 19.9. The summed E-state index contributed by atoms with van der Waals surface area (Å²) in [6.07, 6.45) is 3.16. The Bertz CT molecular complexity index is 1420. The van der Waals surface area contributed by atoms with Gasteiger partial charge >= 0.3 is 11.9 Å². The minimum atomic E-state index is -0.597. The molecule has 0 saturated carbocycles. The molecule has 0 aliphatic rings. The first-order chi connectivity index (χ1) is 18.5. The van der Waals surface area contributed by atoms with Gasteiger partial charge < -0.3 is 25.4 Å². The predicted octanol–water partition coefficient (Wildman–Crippen LogP) is 4.76. The van der Waals surface area contributed by atoms with Crippen molar-refractivity contribution in [1.29, 1.82) is 0 Å². The number of rotatable bonds is 4. The van der Waals surface area contributed by atoms with E-state index < -0.39 is 11.9 Å². The maximum atomic E-state index is 11.5. The molecular formula is C25H22Cl3N5O6. The minimum absolute atomic E-state index is 0.0810. The Kier molecular flexibility index (Phi) is 12.2. The maximum Gasteiger partial charge on any atom is 0.341 e. The molecule has 0 aliphatic heterocycles. The highest BCUT2D eigenvalue weighted by atomic mass is 35.5. The molecule has 0 saturated heterocycles. The van der Waals surface area contributed by atoms with Crippen LogP contribution in [0.5, 0.6) is 11.5 Å². The van der Waals surface area contributed by atoms with Gasteiger partial charge in [-0.2, -0.15) is 0 Å². The SMILES string of the molecule is COC(=O)c1cc(Cc2cc(Cl)ncn2)ccc1O.COC(=O)c1cc(N)ccc1O.Clc1cc(Cl)ncn1. The van der Waals surface area contributed by atoms with Crippen LogP contribution in [0.15, 0.2) is 61.2 Å². The lowest BCUT2D eigenvalue weighted by atomic mass is 10.1. The molecule has 14 heteroatoms. The number of hydrogen-bond acceptors (Lipinski definition) is 11. The predicted molar refractivity (Wildman–Crippen MR) is 145 cm³/mol. The Hall–Kier alpha value is -4.19. The fraction of sp³-hybridized carbons (Fsp3) is 0.120. The number of nitrogens with zero attached hydrogens (tertiary/aromatic N) is 4. The quantitative estimate of drug-likeness (QED) is 0.129. The average molecular weight is 595 g/mol. The van der Waals surface area contributed by atoms with Gasteiger partial charge in [-0.3, -0.25) is 0 Å². The highest BCUT2D eigenvalue weighted by Crippen LogP contribution is 2.22. The first-order valence-corrected chi connectivity index (χ1v) is 11.8. The second-order valence-electron chi connectivity index (χ2n) is 7.28. The highest BCUT2D eigenvalue weighted by molar-refractivity contribution is 6.33. The molecule has 0 atom stereocenters. The molecule has 0 spiro atoms. The fourth-order valence-electron chi connectivity index (χ4n) is 2.78. The van der Waals surface area contributed by atoms with Crippen molar-refractivity contribution in [3.63, 3.8) is 0 Å². The number of benzene rings is 2. The van der Waals surface area contributed by atoms with Crippen LogP contribution in [0.25, 0.3) is 0 Å². The summed E-state index contributed by atoms with van der Waals surface area (Å²) >= 11 is 16.6. The van der Waals surface area contributed by atoms with Crippen molar-refractivity contribution in [3.05, 3.63) is 99.0 Å². The van der Waals surface area contributed by atoms with E-state index in [4.69, 9.17) is 40.5 Å². The van der Waals surface area contributed by atoms with Crippen LogP contribution in [0.2, 0.25) is 15.5 Å². The van der Waals surface area contributed by atoms with E-state index in [0.29, 0.717) is 27.6 Å². The van der Waals surface area contributed by atoms with Crippen LogP contribution in [-0.4, -0.2) is 56.3 Å². The van der Waals surface area contributed by atoms with Crippen LogP contribution < -0.4 is 5.73 Å². The topological polar surface area (TPSA) is 171 Å². The zero-order valence-electron chi connectivity index (χ0n) is 20.5. The molecule has 0 aliphatic carbocycles. The largest absolute Gasteiger partial charge is 0.507 e. The van der Waals surface area contributed by atoms with E-state index in [-0.39, 0.29) is 22.6 Å². The van der Waals surface area contributed by atoms with Crippen LogP contribution in [0, 0.1) is 0 Å². The number of halogens is 3. The van der Waals surface area contributed by atoms with Crippen molar-refractivity contribution < 1.29 is 29.3 Å². The van der Waals surface area contributed by atoms with E-state index in [2.05, 4.69) is 29.4 Å². The number of esters is 2. The van der Waals surface area contributed by atoms with E-state index >= 15 is 0 Å². The number of methoxy groups -OCH3 is 2. The smallest absolute Gasteiger partial charge is 0.341 e. The lowest BCUT2D eigenvalue weighted by molar-refractivity contribution is 0.0588. The van der Waals surface area contributed by atoms with Crippen LogP contribution in [0.3, 0.4) is 0 Å². The van der Waals surface area contributed by atoms with Gasteiger partial charge in [0, 0.05) is 23.9 Å². The molecule has 4 N–H and O–H groups in total. The Morgan fingerprint density at radius 1 is 0.744 bits per heavy atom. The molecule has 204 valence electrons. The number of ether oxygens (including phenoxy) is 2. The van der Waals surface area contributed by atoms with Crippen molar-refractivity contribution in [3.8, 4) is 11.5 Å². The molecule has 2 aromatic carbocycles. The lowest BCUT2D eigenvalue weighted by Gasteiger charge is -2.06. The number of anilines is 1. The number of aromatic hydroxyl groups is 2. The molecule has 2 aromatic heterocycles. The van der Waals surface area contributed by atoms with Gasteiger partial charge in [-0.15, -0.1) is 0 Å². The van der Waals surface area contributed by atoms with Crippen LogP contribution in [0.1, 0.15) is 32.0 Å². The number of phenolic OH excluding ortho intramolecular Hbond substituents is 2. The molecular weight excluding hydrogens is 573 g/mol. The van der Waals surface area contributed by atoms with E-state index in [0.717, 1.165) is 11.3 Å². The number of aromatic nitrogens is 4. The third-order valence-corrected chi connectivity index (χ3v) is 5.19. The summed E-state index contributed by atoms with van der Waals surface area (Å²) in [5.74, 6) is -1.42. The van der Waals surface area contributed by atoms with Crippen molar-refractivity contribution >= 4 is 52.4 Å². The Labute approximate surface area is 238 Å². The first-order valence-electron chi connectivity index (χ1n) is 10.7. The van der Waals surface area contributed by atoms with Crippen molar-refractivity contribution in [2.45, 2.75) is 6.42 Å². The van der Waals surface area contributed by atoms with Gasteiger partial charge in [0.05, 0.1) is 14.2 Å². The molecule has 4 rings (SSSR count). The molecule has 11 nitrogen and oxygen atoms in total. The number of carbonyl (C=O) groups is 2. The van der Waals surface area contributed by atoms with Gasteiger partial charge in [0.2, 0.25) is 0 Å². The number of nitrogen functional groups attached to an aromatic ring is 1. The normalized spacial score (nSPS) is 9.77. The van der Waals surface area contributed by atoms with E-state index in [1.54, 1.807) is 18.2 Å². The highest BCUT2D eigenvalue weighted by Gasteiger charge is 2.13. The summed E-state index contributed by atoms with van der Waals surface area (Å²) in [7, 11) is 2.50. The Morgan fingerprint density at radius 3 is 1.72 bits per heavy atom. The van der Waals surface area contributed by atoms with Crippen molar-refractivity contribution in [2.75, 3.05) is 20.0 Å². The Balaban J connectivity index is 0.000000227. The fourth-order valence-corrected chi connectivity index (χ4v) is 3.30. The van der Waals surface area contributed by atoms with Gasteiger partial charge in [-0.25, -0.2) is 29.5 Å². The molecule has 0 unspecified atom stereocenters. The maximum absolute atomic E-state index is 11.5. The van der Waals surface area contributed by atoms with Gasteiger partial charge in [-0.1, -0.05) is 40.9 Å². The summed E-state index contributed by atoms with van der Waals surface area (Å²) in [4.78, 5) is 37.5. The summed E-state index contributed by atoms with van der Waals surface area (Å²) in [6, 6.07) is 12.1.